The maximum absolute atomic E-state index is 5.94. The van der Waals surface area contributed by atoms with Gasteiger partial charge in [0.25, 0.3) is 0 Å². The summed E-state index contributed by atoms with van der Waals surface area (Å²) in [7, 11) is 0. The molecule has 4 nitrogen and oxygen atoms in total. The normalized spacial score (nSPS) is 10.4. The molecule has 0 unspecified atom stereocenters. The number of hydrogen-bond acceptors (Lipinski definition) is 4. The van der Waals surface area contributed by atoms with Crippen LogP contribution in [0.2, 0.25) is 5.28 Å². The number of benzene rings is 1. The van der Waals surface area contributed by atoms with E-state index in [1.807, 2.05) is 19.1 Å². The fourth-order valence-corrected chi connectivity index (χ4v) is 1.87. The molecule has 2 rings (SSSR count). The van der Waals surface area contributed by atoms with E-state index in [-0.39, 0.29) is 5.28 Å². The van der Waals surface area contributed by atoms with Crippen molar-refractivity contribution in [2.24, 2.45) is 0 Å². The van der Waals surface area contributed by atoms with Gasteiger partial charge in [-0.15, -0.1) is 0 Å². The van der Waals surface area contributed by atoms with Crippen molar-refractivity contribution in [3.8, 4) is 0 Å². The summed E-state index contributed by atoms with van der Waals surface area (Å²) >= 11 is 5.84. The van der Waals surface area contributed by atoms with E-state index in [1.165, 1.54) is 5.56 Å². The third-order valence-electron chi connectivity index (χ3n) is 2.97. The molecule has 0 aliphatic heterocycles. The minimum absolute atomic E-state index is 0.189. The number of nitrogens with zero attached hydrogens (tertiary/aromatic N) is 2. The Kier molecular flexibility index (Phi) is 3.39. The summed E-state index contributed by atoms with van der Waals surface area (Å²) in [6.07, 6.45) is 0. The van der Waals surface area contributed by atoms with E-state index < -0.39 is 0 Å². The van der Waals surface area contributed by atoms with Gasteiger partial charge in [0.15, 0.2) is 5.82 Å². The van der Waals surface area contributed by atoms with Crippen LogP contribution in [-0.4, -0.2) is 9.97 Å². The molecule has 18 heavy (non-hydrogen) atoms. The second kappa shape index (κ2) is 4.82. The van der Waals surface area contributed by atoms with Gasteiger partial charge in [-0.1, -0.05) is 12.1 Å². The number of nitrogens with two attached hydrogens (primary N) is 1. The molecule has 0 aliphatic carbocycles. The molecule has 0 saturated heterocycles. The quantitative estimate of drug-likeness (QED) is 0.815. The number of hydrogen-bond donors (Lipinski definition) is 2. The highest BCUT2D eigenvalue weighted by molar-refractivity contribution is 6.28. The lowest BCUT2D eigenvalue weighted by atomic mass is 10.1. The minimum atomic E-state index is 0.189. The number of rotatable bonds is 2. The van der Waals surface area contributed by atoms with E-state index in [4.69, 9.17) is 17.3 Å². The van der Waals surface area contributed by atoms with Gasteiger partial charge >= 0.3 is 0 Å². The number of nitrogen functional groups attached to an aromatic ring is 1. The molecule has 94 valence electrons. The molecule has 0 saturated carbocycles. The van der Waals surface area contributed by atoms with Crippen LogP contribution < -0.4 is 11.1 Å². The van der Waals surface area contributed by atoms with Crippen molar-refractivity contribution in [3.63, 3.8) is 0 Å². The highest BCUT2D eigenvalue weighted by Crippen LogP contribution is 2.27. The Morgan fingerprint density at radius 3 is 2.61 bits per heavy atom. The van der Waals surface area contributed by atoms with Crippen LogP contribution in [0.3, 0.4) is 0 Å². The summed E-state index contributed by atoms with van der Waals surface area (Å²) in [6.45, 7) is 5.91. The first-order valence-corrected chi connectivity index (χ1v) is 5.99. The molecule has 1 aromatic heterocycles. The lowest BCUT2D eigenvalue weighted by molar-refractivity contribution is 1.11. The molecule has 0 fully saturated rings. The summed E-state index contributed by atoms with van der Waals surface area (Å²) in [5.74, 6) is 0.543. The van der Waals surface area contributed by atoms with E-state index in [0.717, 1.165) is 11.3 Å². The summed E-state index contributed by atoms with van der Waals surface area (Å²) in [5.41, 5.74) is 10.5. The predicted molar refractivity (Wildman–Crippen MR) is 75.4 cm³/mol. The molecule has 0 spiro atoms. The Hall–Kier alpha value is -1.81. The topological polar surface area (TPSA) is 63.8 Å². The van der Waals surface area contributed by atoms with E-state index in [0.29, 0.717) is 17.2 Å². The van der Waals surface area contributed by atoms with Crippen LogP contribution >= 0.6 is 11.6 Å². The third kappa shape index (κ3) is 2.38. The Morgan fingerprint density at radius 1 is 1.17 bits per heavy atom. The monoisotopic (exact) mass is 262 g/mol. The van der Waals surface area contributed by atoms with Gasteiger partial charge in [0.1, 0.15) is 0 Å². The minimum Gasteiger partial charge on any atom is -0.394 e. The molecule has 5 heteroatoms. The fraction of sp³-hybridized carbons (Fsp3) is 0.231. The van der Waals surface area contributed by atoms with Gasteiger partial charge in [-0.3, -0.25) is 0 Å². The van der Waals surface area contributed by atoms with Crippen LogP contribution in [0.15, 0.2) is 18.2 Å². The first-order chi connectivity index (χ1) is 8.49. The standard InChI is InChI=1S/C13H15ClN4/c1-7-5-4-6-10(8(7)2)17-12-11(15)9(3)16-13(14)18-12/h4-6H,15H2,1-3H3,(H,16,17,18). The van der Waals surface area contributed by atoms with Crippen LogP contribution in [-0.2, 0) is 0 Å². The smallest absolute Gasteiger partial charge is 0.224 e. The Labute approximate surface area is 111 Å². The Morgan fingerprint density at radius 2 is 1.89 bits per heavy atom. The number of nitrogens with one attached hydrogen (secondary N) is 1. The number of halogens is 1. The van der Waals surface area contributed by atoms with Gasteiger partial charge in [-0.05, 0) is 49.6 Å². The summed E-state index contributed by atoms with van der Waals surface area (Å²) in [6, 6.07) is 6.02. The van der Waals surface area contributed by atoms with Gasteiger partial charge in [-0.2, -0.15) is 4.98 Å². The molecule has 0 atom stereocenters. The number of anilines is 3. The van der Waals surface area contributed by atoms with E-state index in [1.54, 1.807) is 6.92 Å². The van der Waals surface area contributed by atoms with Gasteiger partial charge in [-0.25, -0.2) is 4.98 Å². The summed E-state index contributed by atoms with van der Waals surface area (Å²) in [5, 5.41) is 3.39. The molecule has 1 aromatic carbocycles. The molecule has 0 aliphatic rings. The second-order valence-electron chi connectivity index (χ2n) is 4.21. The first-order valence-electron chi connectivity index (χ1n) is 5.62. The predicted octanol–water partition coefficient (Wildman–Crippen LogP) is 3.38. The van der Waals surface area contributed by atoms with Gasteiger partial charge in [0.2, 0.25) is 5.28 Å². The second-order valence-corrected chi connectivity index (χ2v) is 4.55. The highest BCUT2D eigenvalue weighted by atomic mass is 35.5. The van der Waals surface area contributed by atoms with E-state index in [9.17, 15) is 0 Å². The van der Waals surface area contributed by atoms with Crippen LogP contribution in [0.4, 0.5) is 17.2 Å². The van der Waals surface area contributed by atoms with Crippen LogP contribution in [0.25, 0.3) is 0 Å². The molecule has 2 aromatic rings. The van der Waals surface area contributed by atoms with E-state index >= 15 is 0 Å². The van der Waals surface area contributed by atoms with Gasteiger partial charge < -0.3 is 11.1 Å². The largest absolute Gasteiger partial charge is 0.394 e. The maximum Gasteiger partial charge on any atom is 0.224 e. The number of aromatic nitrogens is 2. The Balaban J connectivity index is 2.43. The van der Waals surface area contributed by atoms with Crippen molar-refractivity contribution in [1.29, 1.82) is 0 Å². The Bertz CT molecular complexity index is 596. The SMILES string of the molecule is Cc1cccc(Nc2nc(Cl)nc(C)c2N)c1C. The average molecular weight is 263 g/mol. The van der Waals surface area contributed by atoms with Crippen molar-refractivity contribution >= 4 is 28.8 Å². The average Bonchev–Trinajstić information content (AvgIpc) is 2.31. The van der Waals surface area contributed by atoms with E-state index in [2.05, 4.69) is 28.3 Å². The summed E-state index contributed by atoms with van der Waals surface area (Å²) < 4.78 is 0. The molecule has 0 amide bonds. The van der Waals surface area contributed by atoms with Crippen LogP contribution in [0, 0.1) is 20.8 Å². The first kappa shape index (κ1) is 12.6. The van der Waals surface area contributed by atoms with Crippen LogP contribution in [0.1, 0.15) is 16.8 Å². The molecular weight excluding hydrogens is 248 g/mol. The zero-order valence-electron chi connectivity index (χ0n) is 10.6. The van der Waals surface area contributed by atoms with Crippen molar-refractivity contribution in [2.75, 3.05) is 11.1 Å². The summed E-state index contributed by atoms with van der Waals surface area (Å²) in [4.78, 5) is 8.12. The molecular formula is C13H15ClN4. The number of aryl methyl sites for hydroxylation is 2. The lowest BCUT2D eigenvalue weighted by Gasteiger charge is -2.13. The maximum atomic E-state index is 5.94. The zero-order valence-corrected chi connectivity index (χ0v) is 11.3. The molecule has 3 N–H and O–H groups in total. The third-order valence-corrected chi connectivity index (χ3v) is 3.14. The van der Waals surface area contributed by atoms with Gasteiger partial charge in [0, 0.05) is 5.69 Å². The molecule has 0 bridgehead atoms. The van der Waals surface area contributed by atoms with Crippen molar-refractivity contribution in [1.82, 2.24) is 9.97 Å². The van der Waals surface area contributed by atoms with Crippen molar-refractivity contribution < 1.29 is 0 Å². The highest BCUT2D eigenvalue weighted by Gasteiger charge is 2.09. The van der Waals surface area contributed by atoms with Crippen molar-refractivity contribution in [2.45, 2.75) is 20.8 Å². The molecule has 1 heterocycles. The fourth-order valence-electron chi connectivity index (χ4n) is 1.66. The van der Waals surface area contributed by atoms with Gasteiger partial charge in [0.05, 0.1) is 11.4 Å². The lowest BCUT2D eigenvalue weighted by Crippen LogP contribution is -2.05. The molecule has 0 radical (unpaired) electrons. The van der Waals surface area contributed by atoms with Crippen LogP contribution in [0.5, 0.6) is 0 Å². The van der Waals surface area contributed by atoms with Crippen molar-refractivity contribution in [3.05, 3.63) is 40.3 Å². The zero-order chi connectivity index (χ0) is 13.3.